The molecule has 0 aromatic heterocycles. The Labute approximate surface area is 110 Å². The van der Waals surface area contributed by atoms with E-state index in [0.29, 0.717) is 5.25 Å². The molecule has 1 N–H and O–H groups in total. The van der Waals surface area contributed by atoms with Gasteiger partial charge in [-0.1, -0.05) is 35.0 Å². The van der Waals surface area contributed by atoms with Crippen molar-refractivity contribution in [2.24, 2.45) is 0 Å². The smallest absolute Gasteiger partial charge is 0.0803 e. The normalized spacial score (nSPS) is 30.3. The molecule has 1 nitrogen and oxygen atoms in total. The van der Waals surface area contributed by atoms with Crippen LogP contribution < -0.4 is 0 Å². The second kappa shape index (κ2) is 5.11. The van der Waals surface area contributed by atoms with Crippen LogP contribution in [0, 0.1) is 0 Å². The Bertz CT molecular complexity index is 351. The molecule has 16 heavy (non-hydrogen) atoms. The molecule has 1 fully saturated rings. The van der Waals surface area contributed by atoms with Gasteiger partial charge in [0.1, 0.15) is 0 Å². The third-order valence-electron chi connectivity index (χ3n) is 3.30. The van der Waals surface area contributed by atoms with Gasteiger partial charge in [0.2, 0.25) is 0 Å². The first-order valence-electron chi connectivity index (χ1n) is 5.69. The average molecular weight is 301 g/mol. The summed E-state index contributed by atoms with van der Waals surface area (Å²) in [4.78, 5) is 0. The fourth-order valence-corrected chi connectivity index (χ4v) is 3.62. The Balaban J connectivity index is 2.10. The topological polar surface area (TPSA) is 20.2 Å². The molecule has 0 bridgehead atoms. The molecule has 2 atom stereocenters. The van der Waals surface area contributed by atoms with Crippen molar-refractivity contribution in [3.8, 4) is 0 Å². The highest BCUT2D eigenvalue weighted by atomic mass is 79.9. The van der Waals surface area contributed by atoms with Gasteiger partial charge in [0.05, 0.1) is 5.60 Å². The summed E-state index contributed by atoms with van der Waals surface area (Å²) in [5.74, 6) is 1.18. The van der Waals surface area contributed by atoms with Crippen LogP contribution in [-0.4, -0.2) is 21.7 Å². The van der Waals surface area contributed by atoms with E-state index in [2.05, 4.69) is 35.0 Å². The lowest BCUT2D eigenvalue weighted by Crippen LogP contribution is -2.43. The highest BCUT2D eigenvalue weighted by Crippen LogP contribution is 2.36. The first-order valence-corrected chi connectivity index (χ1v) is 7.53. The van der Waals surface area contributed by atoms with Crippen LogP contribution >= 0.6 is 27.7 Å². The van der Waals surface area contributed by atoms with Crippen LogP contribution in [0.2, 0.25) is 0 Å². The van der Waals surface area contributed by atoms with E-state index in [1.54, 1.807) is 0 Å². The monoisotopic (exact) mass is 300 g/mol. The van der Waals surface area contributed by atoms with E-state index in [1.165, 1.54) is 11.3 Å². The number of rotatable bonds is 2. The summed E-state index contributed by atoms with van der Waals surface area (Å²) in [6, 6.07) is 8.26. The van der Waals surface area contributed by atoms with Gasteiger partial charge in [-0.25, -0.2) is 0 Å². The van der Waals surface area contributed by atoms with E-state index in [0.717, 1.165) is 23.7 Å². The van der Waals surface area contributed by atoms with E-state index in [9.17, 15) is 5.11 Å². The van der Waals surface area contributed by atoms with Crippen molar-refractivity contribution >= 4 is 27.7 Å². The maximum atomic E-state index is 10.6. The van der Waals surface area contributed by atoms with Crippen LogP contribution in [0.3, 0.4) is 0 Å². The van der Waals surface area contributed by atoms with Gasteiger partial charge in [0, 0.05) is 16.1 Å². The van der Waals surface area contributed by atoms with Gasteiger partial charge in [-0.3, -0.25) is 0 Å². The Kier molecular flexibility index (Phi) is 3.98. The van der Waals surface area contributed by atoms with Crippen LogP contribution in [0.15, 0.2) is 28.7 Å². The first-order chi connectivity index (χ1) is 7.60. The zero-order chi connectivity index (χ0) is 11.6. The minimum atomic E-state index is -0.517. The van der Waals surface area contributed by atoms with Crippen molar-refractivity contribution in [3.05, 3.63) is 34.3 Å². The maximum absolute atomic E-state index is 10.6. The predicted molar refractivity (Wildman–Crippen MR) is 73.9 cm³/mol. The number of thioether (sulfide) groups is 1. The highest BCUT2D eigenvalue weighted by Gasteiger charge is 2.36. The number of halogens is 1. The van der Waals surface area contributed by atoms with Crippen LogP contribution in [0.5, 0.6) is 0 Å². The zero-order valence-electron chi connectivity index (χ0n) is 9.45. The van der Waals surface area contributed by atoms with Gasteiger partial charge in [-0.2, -0.15) is 11.8 Å². The van der Waals surface area contributed by atoms with Crippen molar-refractivity contribution in [2.75, 3.05) is 5.75 Å². The molecule has 0 amide bonds. The molecular formula is C13H17BrOS. The lowest BCUT2D eigenvalue weighted by atomic mass is 9.87. The van der Waals surface area contributed by atoms with Crippen molar-refractivity contribution in [2.45, 2.75) is 37.0 Å². The van der Waals surface area contributed by atoms with Gasteiger partial charge in [-0.05, 0) is 36.3 Å². The maximum Gasteiger partial charge on any atom is 0.0803 e. The van der Waals surface area contributed by atoms with Crippen LogP contribution in [-0.2, 0) is 6.42 Å². The predicted octanol–water partition coefficient (Wildman–Crippen LogP) is 3.64. The van der Waals surface area contributed by atoms with Crippen molar-refractivity contribution < 1.29 is 5.11 Å². The van der Waals surface area contributed by atoms with Gasteiger partial charge >= 0.3 is 0 Å². The first kappa shape index (κ1) is 12.5. The quantitative estimate of drug-likeness (QED) is 0.900. The largest absolute Gasteiger partial charge is 0.388 e. The molecule has 1 aromatic carbocycles. The lowest BCUT2D eigenvalue weighted by Gasteiger charge is -2.37. The molecule has 0 spiro atoms. The molecule has 1 saturated heterocycles. The summed E-state index contributed by atoms with van der Waals surface area (Å²) in [5.41, 5.74) is 0.705. The summed E-state index contributed by atoms with van der Waals surface area (Å²) in [6.07, 6.45) is 2.83. The molecule has 2 unspecified atom stereocenters. The highest BCUT2D eigenvalue weighted by molar-refractivity contribution is 9.10. The van der Waals surface area contributed by atoms with Gasteiger partial charge in [-0.15, -0.1) is 0 Å². The molecule has 0 aliphatic carbocycles. The third kappa shape index (κ3) is 2.82. The zero-order valence-corrected chi connectivity index (χ0v) is 11.9. The molecule has 0 saturated carbocycles. The molecule has 2 rings (SSSR count). The fourth-order valence-electron chi connectivity index (χ4n) is 2.18. The third-order valence-corrected chi connectivity index (χ3v) is 5.29. The van der Waals surface area contributed by atoms with E-state index >= 15 is 0 Å². The minimum Gasteiger partial charge on any atom is -0.388 e. The van der Waals surface area contributed by atoms with Crippen molar-refractivity contribution in [1.82, 2.24) is 0 Å². The number of aliphatic hydroxyl groups is 1. The van der Waals surface area contributed by atoms with Crippen LogP contribution in [0.4, 0.5) is 0 Å². The van der Waals surface area contributed by atoms with Gasteiger partial charge < -0.3 is 5.11 Å². The van der Waals surface area contributed by atoms with Crippen molar-refractivity contribution in [3.63, 3.8) is 0 Å². The van der Waals surface area contributed by atoms with Crippen LogP contribution in [0.25, 0.3) is 0 Å². The molecule has 88 valence electrons. The average Bonchev–Trinajstić information content (AvgIpc) is 2.26. The standard InChI is InChI=1S/C13H17BrOS/c1-10-13(15,7-2-8-16-10)9-11-3-5-12(14)6-4-11/h3-6,10,15H,2,7-9H2,1H3. The Morgan fingerprint density at radius 1 is 1.44 bits per heavy atom. The molecule has 1 aliphatic heterocycles. The van der Waals surface area contributed by atoms with Crippen molar-refractivity contribution in [1.29, 1.82) is 0 Å². The lowest BCUT2D eigenvalue weighted by molar-refractivity contribution is 0.0297. The van der Waals surface area contributed by atoms with E-state index in [4.69, 9.17) is 0 Å². The molecule has 1 aromatic rings. The Morgan fingerprint density at radius 3 is 2.75 bits per heavy atom. The summed E-state index contributed by atoms with van der Waals surface area (Å²) in [7, 11) is 0. The Hall–Kier alpha value is 0.01000. The molecule has 1 aliphatic rings. The summed E-state index contributed by atoms with van der Waals surface area (Å²) < 4.78 is 1.09. The number of benzene rings is 1. The van der Waals surface area contributed by atoms with Gasteiger partial charge in [0.25, 0.3) is 0 Å². The Morgan fingerprint density at radius 2 is 2.12 bits per heavy atom. The summed E-state index contributed by atoms with van der Waals surface area (Å²) in [5, 5.41) is 11.0. The molecule has 0 radical (unpaired) electrons. The molecular weight excluding hydrogens is 284 g/mol. The second-order valence-electron chi connectivity index (χ2n) is 4.52. The van der Waals surface area contributed by atoms with Gasteiger partial charge in [0.15, 0.2) is 0 Å². The minimum absolute atomic E-state index is 0.338. The van der Waals surface area contributed by atoms with E-state index in [-0.39, 0.29) is 0 Å². The SMILES string of the molecule is CC1SCCCC1(O)Cc1ccc(Br)cc1. The summed E-state index contributed by atoms with van der Waals surface area (Å²) in [6.45, 7) is 2.14. The van der Waals surface area contributed by atoms with E-state index < -0.39 is 5.60 Å². The number of hydrogen-bond donors (Lipinski definition) is 1. The second-order valence-corrected chi connectivity index (χ2v) is 6.89. The van der Waals surface area contributed by atoms with E-state index in [1.807, 2.05) is 23.9 Å². The van der Waals surface area contributed by atoms with Crippen LogP contribution in [0.1, 0.15) is 25.3 Å². The molecule has 3 heteroatoms. The number of hydrogen-bond acceptors (Lipinski definition) is 2. The molecule has 1 heterocycles. The fraction of sp³-hybridized carbons (Fsp3) is 0.538. The summed E-state index contributed by atoms with van der Waals surface area (Å²) >= 11 is 5.32.